The topological polar surface area (TPSA) is 190 Å². The predicted octanol–water partition coefficient (Wildman–Crippen LogP) is 2.38. The number of rotatable bonds is 14. The van der Waals surface area contributed by atoms with Crippen LogP contribution < -0.4 is 26.6 Å². The minimum atomic E-state index is -4.34. The van der Waals surface area contributed by atoms with E-state index in [2.05, 4.69) is 5.09 Å². The number of hydrogen-bond donors (Lipinski definition) is 3. The summed E-state index contributed by atoms with van der Waals surface area (Å²) in [6.07, 6.45) is -2.78. The zero-order valence-electron chi connectivity index (χ0n) is 24.6. The molecule has 14 nitrogen and oxygen atoms in total. The largest absolute Gasteiger partial charge is 0.462 e. The van der Waals surface area contributed by atoms with E-state index in [1.165, 1.54) is 19.1 Å². The van der Waals surface area contributed by atoms with Gasteiger partial charge in [-0.1, -0.05) is 38.5 Å². The third kappa shape index (κ3) is 9.31. The Labute approximate surface area is 247 Å². The quantitative estimate of drug-likeness (QED) is 0.205. The fraction of sp³-hybridized carbons (Fsp3) is 0.556. The first-order valence-corrected chi connectivity index (χ1v) is 15.4. The summed E-state index contributed by atoms with van der Waals surface area (Å²) in [5, 5.41) is 2.54. The van der Waals surface area contributed by atoms with Crippen LogP contribution in [-0.4, -0.2) is 58.5 Å². The van der Waals surface area contributed by atoms with Gasteiger partial charge in [0.15, 0.2) is 0 Å². The van der Waals surface area contributed by atoms with Crippen molar-refractivity contribution >= 4 is 19.7 Å². The predicted molar refractivity (Wildman–Crippen MR) is 152 cm³/mol. The third-order valence-corrected chi connectivity index (χ3v) is 8.29. The van der Waals surface area contributed by atoms with E-state index in [9.17, 15) is 28.1 Å². The molecule has 0 bridgehead atoms. The van der Waals surface area contributed by atoms with E-state index in [0.717, 1.165) is 4.57 Å². The summed E-state index contributed by atoms with van der Waals surface area (Å²) in [5.74, 6) is -2.75. The maximum atomic E-state index is 14.0. The summed E-state index contributed by atoms with van der Waals surface area (Å²) in [4.78, 5) is 51.1. The molecule has 1 fully saturated rings. The summed E-state index contributed by atoms with van der Waals surface area (Å²) in [6.45, 7) is 7.82. The van der Waals surface area contributed by atoms with Gasteiger partial charge in [-0.3, -0.25) is 28.5 Å². The second-order valence-corrected chi connectivity index (χ2v) is 12.1. The molecule has 0 spiro atoms. The number of hydrogen-bond acceptors (Lipinski definition) is 11. The second kappa shape index (κ2) is 14.9. The first-order chi connectivity index (χ1) is 20.2. The normalized spacial score (nSPS) is 21.9. The molecule has 4 N–H and O–H groups in total. The first kappa shape index (κ1) is 34.1. The highest BCUT2D eigenvalue weighted by Crippen LogP contribution is 2.46. The van der Waals surface area contributed by atoms with Crippen LogP contribution in [0.2, 0.25) is 0 Å². The average Bonchev–Trinajstić information content (AvgIpc) is 3.35. The van der Waals surface area contributed by atoms with Crippen molar-refractivity contribution in [3.8, 4) is 5.75 Å². The Morgan fingerprint density at radius 3 is 2.49 bits per heavy atom. The molecular formula is C27H38FN4O10P. The molecule has 1 aliphatic heterocycles. The lowest BCUT2D eigenvalue weighted by molar-refractivity contribution is -0.156. The van der Waals surface area contributed by atoms with E-state index in [4.69, 9.17) is 29.0 Å². The van der Waals surface area contributed by atoms with Crippen molar-refractivity contribution in [2.45, 2.75) is 84.1 Å². The molecule has 7 atom stereocenters. The summed E-state index contributed by atoms with van der Waals surface area (Å²) in [5.41, 5.74) is 3.87. The van der Waals surface area contributed by atoms with Crippen LogP contribution in [0.5, 0.6) is 5.75 Å². The van der Waals surface area contributed by atoms with Crippen molar-refractivity contribution in [3.63, 3.8) is 0 Å². The summed E-state index contributed by atoms with van der Waals surface area (Å²) < 4.78 is 56.8. The maximum Gasteiger partial charge on any atom is 0.459 e. The zero-order chi connectivity index (χ0) is 31.9. The van der Waals surface area contributed by atoms with Crippen molar-refractivity contribution in [2.75, 3.05) is 6.61 Å². The minimum absolute atomic E-state index is 0.158. The summed E-state index contributed by atoms with van der Waals surface area (Å²) in [6, 6.07) is 5.94. The molecule has 0 saturated carbocycles. The molecule has 16 heteroatoms. The van der Waals surface area contributed by atoms with Gasteiger partial charge in [-0.25, -0.2) is 9.36 Å². The number of benzene rings is 1. The van der Waals surface area contributed by atoms with Crippen molar-refractivity contribution in [1.82, 2.24) is 14.6 Å². The van der Waals surface area contributed by atoms with Crippen LogP contribution in [0.4, 0.5) is 4.39 Å². The number of nitrogens with two attached hydrogens (primary N) is 1. The second-order valence-electron chi connectivity index (χ2n) is 10.4. The standard InChI is InChI=1S/C27H38FN4O10P/c1-6-16(4)23(29)26(35)41-20-12-22(32-13-19(28)24(33)30-27(32)36)40-21(20)14-38-43(37,42-18-10-8-7-9-11-18)31-17(5)25(34)39-15(2)3/h7-11,13,15-17,20-23H,6,12,14,29H2,1-5H3,(H,31,37)(H,30,33,36)/t16?,17-,20-,21+,22+,23-,43-/m0/s1. The monoisotopic (exact) mass is 628 g/mol. The van der Waals surface area contributed by atoms with Gasteiger partial charge in [-0.05, 0) is 38.8 Å². The lowest BCUT2D eigenvalue weighted by Gasteiger charge is -2.26. The van der Waals surface area contributed by atoms with Gasteiger partial charge in [0, 0.05) is 6.42 Å². The van der Waals surface area contributed by atoms with Crippen molar-refractivity contribution in [2.24, 2.45) is 11.7 Å². The van der Waals surface area contributed by atoms with Crippen LogP contribution in [0.25, 0.3) is 0 Å². The smallest absolute Gasteiger partial charge is 0.459 e. The number of halogens is 1. The van der Waals surface area contributed by atoms with Gasteiger partial charge >= 0.3 is 25.4 Å². The molecule has 0 radical (unpaired) electrons. The Bertz CT molecular complexity index is 1420. The summed E-state index contributed by atoms with van der Waals surface area (Å²) in [7, 11) is -4.34. The van der Waals surface area contributed by atoms with E-state index in [-0.39, 0.29) is 18.1 Å². The molecule has 1 aromatic heterocycles. The first-order valence-electron chi connectivity index (χ1n) is 13.8. The number of carbonyl (C=O) groups excluding carboxylic acids is 2. The molecule has 0 amide bonds. The fourth-order valence-electron chi connectivity index (χ4n) is 4.04. The van der Waals surface area contributed by atoms with E-state index in [1.54, 1.807) is 39.0 Å². The molecule has 1 aromatic carbocycles. The Balaban J connectivity index is 1.87. The number of carbonyl (C=O) groups is 2. The lowest BCUT2D eigenvalue weighted by Crippen LogP contribution is -2.42. The molecule has 3 rings (SSSR count). The van der Waals surface area contributed by atoms with Gasteiger partial charge in [-0.2, -0.15) is 9.48 Å². The molecule has 1 aliphatic rings. The highest BCUT2D eigenvalue weighted by molar-refractivity contribution is 7.52. The maximum absolute atomic E-state index is 14.0. The van der Waals surface area contributed by atoms with Gasteiger partial charge in [-0.15, -0.1) is 0 Å². The van der Waals surface area contributed by atoms with Crippen molar-refractivity contribution in [3.05, 3.63) is 63.2 Å². The van der Waals surface area contributed by atoms with E-state index < -0.39 is 80.0 Å². The fourth-order valence-corrected chi connectivity index (χ4v) is 5.54. The number of ether oxygens (including phenoxy) is 3. The Morgan fingerprint density at radius 1 is 1.19 bits per heavy atom. The van der Waals surface area contributed by atoms with E-state index >= 15 is 0 Å². The van der Waals surface area contributed by atoms with Crippen LogP contribution in [0.3, 0.4) is 0 Å². The molecule has 0 aliphatic carbocycles. The van der Waals surface area contributed by atoms with Gasteiger partial charge < -0.3 is 24.5 Å². The Morgan fingerprint density at radius 2 is 1.86 bits per heavy atom. The number of nitrogens with one attached hydrogen (secondary N) is 2. The Hall–Kier alpha value is -3.36. The van der Waals surface area contributed by atoms with Crippen LogP contribution in [-0.2, 0) is 32.9 Å². The molecule has 1 unspecified atom stereocenters. The van der Waals surface area contributed by atoms with Crippen LogP contribution in [0.1, 0.15) is 53.7 Å². The number of para-hydroxylation sites is 1. The van der Waals surface area contributed by atoms with Crippen molar-refractivity contribution in [1.29, 1.82) is 0 Å². The minimum Gasteiger partial charge on any atom is -0.462 e. The SMILES string of the molecule is CCC(C)[C@H](N)C(=O)O[C@H]1C[C@H](n2cc(F)c(=O)[nH]c2=O)O[C@@H]1CO[P@@](=O)(N[C@@H](C)C(=O)OC(C)C)Oc1ccccc1. The van der Waals surface area contributed by atoms with Crippen LogP contribution in [0.15, 0.2) is 46.1 Å². The van der Waals surface area contributed by atoms with E-state index in [1.807, 2.05) is 11.9 Å². The van der Waals surface area contributed by atoms with E-state index in [0.29, 0.717) is 12.6 Å². The van der Waals surface area contributed by atoms with Crippen LogP contribution in [0, 0.1) is 11.7 Å². The van der Waals surface area contributed by atoms with Crippen molar-refractivity contribution < 1.29 is 41.8 Å². The molecule has 43 heavy (non-hydrogen) atoms. The Kier molecular flexibility index (Phi) is 11.8. The van der Waals surface area contributed by atoms with Gasteiger partial charge in [0.25, 0.3) is 5.56 Å². The number of aromatic nitrogens is 2. The molecule has 2 aromatic rings. The highest BCUT2D eigenvalue weighted by Gasteiger charge is 2.43. The summed E-state index contributed by atoms with van der Waals surface area (Å²) >= 11 is 0. The highest BCUT2D eigenvalue weighted by atomic mass is 31.2. The zero-order valence-corrected chi connectivity index (χ0v) is 25.5. The number of esters is 2. The molecular weight excluding hydrogens is 590 g/mol. The number of aromatic amines is 1. The number of H-pyrrole nitrogens is 1. The van der Waals surface area contributed by atoms with Crippen LogP contribution >= 0.6 is 7.75 Å². The molecule has 238 valence electrons. The van der Waals surface area contributed by atoms with Gasteiger partial charge in [0.1, 0.15) is 36.3 Å². The average molecular weight is 629 g/mol. The third-order valence-electron chi connectivity index (χ3n) is 6.65. The van der Waals surface area contributed by atoms with Gasteiger partial charge in [0.2, 0.25) is 5.82 Å². The lowest BCUT2D eigenvalue weighted by atomic mass is 10.0. The number of nitrogens with zero attached hydrogens (tertiary/aromatic N) is 1. The van der Waals surface area contributed by atoms with Gasteiger partial charge in [0.05, 0.1) is 18.9 Å². The molecule has 2 heterocycles. The molecule has 1 saturated heterocycles.